The number of piperazine rings is 1. The molecule has 280 valence electrons. The van der Waals surface area contributed by atoms with Crippen molar-refractivity contribution in [2.75, 3.05) is 53.5 Å². The molecule has 0 saturated carbocycles. The average molecular weight is 746 g/mol. The maximum absolute atomic E-state index is 14.7. The number of hydrogen-bond acceptors (Lipinski definition) is 14. The topological polar surface area (TPSA) is 148 Å². The van der Waals surface area contributed by atoms with Crippen LogP contribution in [0.25, 0.3) is 0 Å². The number of thioether (sulfide) groups is 1. The molecule has 3 aromatic carbocycles. The Morgan fingerprint density at radius 2 is 1.81 bits per heavy atom. The van der Waals surface area contributed by atoms with E-state index in [0.717, 1.165) is 33.4 Å². The van der Waals surface area contributed by atoms with Crippen LogP contribution in [-0.2, 0) is 32.7 Å². The van der Waals surface area contributed by atoms with Gasteiger partial charge in [0.2, 0.25) is 6.79 Å². The Kier molecular flexibility index (Phi) is 8.01. The molecular formula is C39H43N3O10S. The van der Waals surface area contributed by atoms with E-state index < -0.39 is 28.8 Å². The Morgan fingerprint density at radius 3 is 2.57 bits per heavy atom. The highest BCUT2D eigenvalue weighted by Crippen LogP contribution is 2.63. The average Bonchev–Trinajstić information content (AvgIpc) is 3.61. The van der Waals surface area contributed by atoms with Gasteiger partial charge in [0.25, 0.3) is 0 Å². The van der Waals surface area contributed by atoms with Gasteiger partial charge in [-0.2, -0.15) is 0 Å². The van der Waals surface area contributed by atoms with Crippen LogP contribution in [-0.4, -0.2) is 97.5 Å². The van der Waals surface area contributed by atoms with Crippen molar-refractivity contribution in [2.24, 2.45) is 0 Å². The molecule has 1 spiro atoms. The standard InChI is InChI=1S/C39H43N3O10S/c1-17-9-21-10-22-13-42-24-14-49-38(46)39(23-12-26(47-5)25(44)11-20(23)7-8-40-39)15-53-37(31(42)30(41(22)4)27(21)32(45)33(17)48-6)29-28(24)36-35(50-16-51-36)18(2)34(29)52-19(3)43/h9,11-12,22,24,30-31,37,40,44-45H,7-8,10,13-16H2,1-6H3/t22-,24+,30+,31?,37-,39-/m1/s1. The maximum Gasteiger partial charge on any atom is 0.331 e. The van der Waals surface area contributed by atoms with Crippen molar-refractivity contribution >= 4 is 23.7 Å². The van der Waals surface area contributed by atoms with Crippen molar-refractivity contribution in [3.05, 3.63) is 62.7 Å². The van der Waals surface area contributed by atoms with Crippen LogP contribution >= 0.6 is 11.8 Å². The first-order valence-electron chi connectivity index (χ1n) is 17.9. The molecule has 7 aliphatic rings. The number of hydrogen-bond donors (Lipinski definition) is 3. The number of phenolic OH excluding ortho intramolecular Hbond substituents is 2. The van der Waals surface area contributed by atoms with Gasteiger partial charge in [0.05, 0.1) is 31.6 Å². The molecule has 13 nitrogen and oxygen atoms in total. The molecule has 7 heterocycles. The number of nitrogens with zero attached hydrogens (tertiary/aromatic N) is 2. The number of phenols is 2. The highest BCUT2D eigenvalue weighted by atomic mass is 32.2. The molecule has 53 heavy (non-hydrogen) atoms. The van der Waals surface area contributed by atoms with Gasteiger partial charge in [-0.05, 0) is 68.1 Å². The number of benzene rings is 3. The highest BCUT2D eigenvalue weighted by molar-refractivity contribution is 7.99. The molecular weight excluding hydrogens is 703 g/mol. The third-order valence-electron chi connectivity index (χ3n) is 12.2. The molecule has 0 aromatic heterocycles. The monoisotopic (exact) mass is 745 g/mol. The Hall–Kier alpha value is -4.37. The number of carbonyl (C=O) groups excluding carboxylic acids is 2. The zero-order chi connectivity index (χ0) is 37.1. The van der Waals surface area contributed by atoms with E-state index in [1.807, 2.05) is 13.8 Å². The minimum Gasteiger partial charge on any atom is -0.504 e. The van der Waals surface area contributed by atoms with Gasteiger partial charge >= 0.3 is 11.9 Å². The highest BCUT2D eigenvalue weighted by Gasteiger charge is 2.59. The molecule has 4 bridgehead atoms. The fraction of sp³-hybridized carbons (Fsp3) is 0.487. The maximum atomic E-state index is 14.7. The van der Waals surface area contributed by atoms with Crippen LogP contribution in [0.2, 0.25) is 0 Å². The number of fused-ring (bicyclic) bond motifs is 9. The third-order valence-corrected chi connectivity index (χ3v) is 13.7. The molecule has 3 aromatic rings. The van der Waals surface area contributed by atoms with Crippen LogP contribution in [0.3, 0.4) is 0 Å². The van der Waals surface area contributed by atoms with Crippen LogP contribution < -0.4 is 29.0 Å². The fourth-order valence-electron chi connectivity index (χ4n) is 9.92. The SMILES string of the molecule is COc1cc2c(cc1O)CCN[C@]21CS[C@@H]2c3c(OC(C)=O)c(C)c4c(c3[C@H](COC1=O)N1C[C@H]3Cc5cc(C)c(OC)c(O)c5[C@@H](C21)N3C)OCO4. The molecule has 1 unspecified atom stereocenters. The van der Waals surface area contributed by atoms with E-state index in [4.69, 9.17) is 28.4 Å². The van der Waals surface area contributed by atoms with E-state index in [9.17, 15) is 19.8 Å². The summed E-state index contributed by atoms with van der Waals surface area (Å²) in [4.78, 5) is 32.3. The summed E-state index contributed by atoms with van der Waals surface area (Å²) in [6.45, 7) is 6.33. The van der Waals surface area contributed by atoms with Gasteiger partial charge in [0.15, 0.2) is 40.0 Å². The Labute approximate surface area is 311 Å². The molecule has 6 atom stereocenters. The van der Waals surface area contributed by atoms with Crippen LogP contribution in [0.15, 0.2) is 18.2 Å². The number of esters is 2. The summed E-state index contributed by atoms with van der Waals surface area (Å²) in [5.74, 6) is 1.66. The molecule has 10 rings (SSSR count). The van der Waals surface area contributed by atoms with E-state index in [0.29, 0.717) is 60.1 Å². The second-order valence-electron chi connectivity index (χ2n) is 14.9. The number of carbonyl (C=O) groups is 2. The molecule has 0 radical (unpaired) electrons. The second kappa shape index (κ2) is 12.3. The largest absolute Gasteiger partial charge is 0.504 e. The molecule has 3 N–H and O–H groups in total. The molecule has 0 aliphatic carbocycles. The molecule has 2 fully saturated rings. The van der Waals surface area contributed by atoms with Crippen LogP contribution in [0.5, 0.6) is 40.2 Å². The minimum absolute atomic E-state index is 0.00613. The number of aromatic hydroxyl groups is 2. The van der Waals surface area contributed by atoms with Crippen molar-refractivity contribution in [1.82, 2.24) is 15.1 Å². The first kappa shape index (κ1) is 34.4. The molecule has 14 heteroatoms. The summed E-state index contributed by atoms with van der Waals surface area (Å²) >= 11 is 1.58. The first-order valence-corrected chi connectivity index (χ1v) is 19.0. The third kappa shape index (κ3) is 4.81. The van der Waals surface area contributed by atoms with E-state index in [1.165, 1.54) is 14.0 Å². The van der Waals surface area contributed by atoms with Crippen molar-refractivity contribution < 1.29 is 48.2 Å². The molecule has 2 saturated heterocycles. The van der Waals surface area contributed by atoms with Crippen molar-refractivity contribution in [1.29, 1.82) is 0 Å². The lowest BCUT2D eigenvalue weighted by Crippen LogP contribution is -2.65. The van der Waals surface area contributed by atoms with Crippen LogP contribution in [0.1, 0.15) is 68.8 Å². The zero-order valence-corrected chi connectivity index (χ0v) is 31.3. The van der Waals surface area contributed by atoms with Gasteiger partial charge in [0.1, 0.15) is 12.4 Å². The predicted octanol–water partition coefficient (Wildman–Crippen LogP) is 4.09. The smallest absolute Gasteiger partial charge is 0.331 e. The number of nitrogens with one attached hydrogen (secondary N) is 1. The second-order valence-corrected chi connectivity index (χ2v) is 16.0. The van der Waals surface area contributed by atoms with E-state index in [-0.39, 0.29) is 54.5 Å². The fourth-order valence-corrected chi connectivity index (χ4v) is 11.6. The molecule has 7 aliphatic heterocycles. The number of rotatable bonds is 3. The van der Waals surface area contributed by atoms with E-state index in [1.54, 1.807) is 31.0 Å². The van der Waals surface area contributed by atoms with Gasteiger partial charge in [-0.1, -0.05) is 6.07 Å². The van der Waals surface area contributed by atoms with Crippen LogP contribution in [0, 0.1) is 13.8 Å². The number of aryl methyl sites for hydroxylation is 1. The molecule has 0 amide bonds. The first-order chi connectivity index (χ1) is 25.5. The van der Waals surface area contributed by atoms with Gasteiger partial charge in [-0.25, -0.2) is 4.79 Å². The number of ether oxygens (including phenoxy) is 6. The Bertz CT molecular complexity index is 2090. The summed E-state index contributed by atoms with van der Waals surface area (Å²) in [6, 6.07) is 4.51. The van der Waals surface area contributed by atoms with E-state index >= 15 is 0 Å². The summed E-state index contributed by atoms with van der Waals surface area (Å²) in [7, 11) is 5.17. The van der Waals surface area contributed by atoms with Crippen molar-refractivity contribution in [3.63, 3.8) is 0 Å². The van der Waals surface area contributed by atoms with Gasteiger partial charge in [0, 0.05) is 60.1 Å². The van der Waals surface area contributed by atoms with Crippen LogP contribution in [0.4, 0.5) is 0 Å². The quantitative estimate of drug-likeness (QED) is 0.261. The van der Waals surface area contributed by atoms with Gasteiger partial charge in [-0.3, -0.25) is 19.9 Å². The number of methoxy groups -OCH3 is 2. The Morgan fingerprint density at radius 1 is 1.02 bits per heavy atom. The summed E-state index contributed by atoms with van der Waals surface area (Å²) in [6.07, 6.45) is 1.31. The predicted molar refractivity (Wildman–Crippen MR) is 193 cm³/mol. The summed E-state index contributed by atoms with van der Waals surface area (Å²) in [5.41, 5.74) is 5.22. The normalized spacial score (nSPS) is 28.3. The summed E-state index contributed by atoms with van der Waals surface area (Å²) < 4.78 is 36.2. The Balaban J connectivity index is 1.30. The van der Waals surface area contributed by atoms with Crippen molar-refractivity contribution in [3.8, 4) is 40.2 Å². The lowest BCUT2D eigenvalue weighted by molar-refractivity contribution is -0.156. The van der Waals surface area contributed by atoms with Crippen molar-refractivity contribution in [2.45, 2.75) is 68.6 Å². The van der Waals surface area contributed by atoms with E-state index in [2.05, 4.69) is 28.2 Å². The zero-order valence-electron chi connectivity index (χ0n) is 30.5. The van der Waals surface area contributed by atoms with Gasteiger partial charge in [-0.15, -0.1) is 11.8 Å². The lowest BCUT2D eigenvalue weighted by Gasteiger charge is -2.60. The minimum atomic E-state index is -1.29. The number of likely N-dealkylation sites (N-methyl/N-ethyl adjacent to an activating group) is 1. The lowest BCUT2D eigenvalue weighted by atomic mass is 9.73. The summed E-state index contributed by atoms with van der Waals surface area (Å²) in [5, 5.41) is 25.8. The van der Waals surface area contributed by atoms with Gasteiger partial charge < -0.3 is 38.6 Å².